The van der Waals surface area contributed by atoms with Gasteiger partial charge in [-0.3, -0.25) is 9.36 Å². The van der Waals surface area contributed by atoms with E-state index in [1.54, 1.807) is 17.7 Å². The summed E-state index contributed by atoms with van der Waals surface area (Å²) in [6.45, 7) is 5.75. The number of rotatable bonds is 3. The SMILES string of the molecule is C=C/C(C=CC)=c1\[nH]/c(=C\c2c[nH]c3ccccc23)c(=O)n1C. The van der Waals surface area contributed by atoms with Gasteiger partial charge in [0.15, 0.2) is 0 Å². The van der Waals surface area contributed by atoms with Crippen LogP contribution in [0.3, 0.4) is 0 Å². The summed E-state index contributed by atoms with van der Waals surface area (Å²) in [7, 11) is 1.76. The molecule has 0 aliphatic carbocycles. The standard InChI is InChI=1S/C19H19N3O/c1-4-8-13(5-2)18-21-17(19(23)22(18)3)11-14-12-20-16-10-7-6-9-15(14)16/h4-12,20-21H,2H2,1,3H3/b8-4?,17-11-,18-13-. The molecule has 0 saturated carbocycles. The van der Waals surface area contributed by atoms with Gasteiger partial charge in [0.2, 0.25) is 0 Å². The zero-order valence-corrected chi connectivity index (χ0v) is 13.3. The highest BCUT2D eigenvalue weighted by Gasteiger charge is 2.04. The Morgan fingerprint density at radius 2 is 2.09 bits per heavy atom. The summed E-state index contributed by atoms with van der Waals surface area (Å²) < 4.78 is 1.61. The van der Waals surface area contributed by atoms with Crippen LogP contribution in [0.4, 0.5) is 0 Å². The van der Waals surface area contributed by atoms with E-state index in [0.29, 0.717) is 5.35 Å². The summed E-state index contributed by atoms with van der Waals surface area (Å²) >= 11 is 0. The lowest BCUT2D eigenvalue weighted by molar-refractivity contribution is 0.835. The highest BCUT2D eigenvalue weighted by Crippen LogP contribution is 2.17. The minimum Gasteiger partial charge on any atom is -0.361 e. The number of hydrogen-bond donors (Lipinski definition) is 2. The van der Waals surface area contributed by atoms with Crippen molar-refractivity contribution in [3.8, 4) is 0 Å². The van der Waals surface area contributed by atoms with Crippen LogP contribution in [0.15, 0.2) is 60.1 Å². The Balaban J connectivity index is 2.30. The molecule has 4 nitrogen and oxygen atoms in total. The number of hydrogen-bond acceptors (Lipinski definition) is 1. The molecule has 0 atom stereocenters. The second-order valence-corrected chi connectivity index (χ2v) is 5.34. The van der Waals surface area contributed by atoms with Crippen LogP contribution in [0, 0.1) is 0 Å². The third-order valence-corrected chi connectivity index (χ3v) is 3.88. The first-order valence-electron chi connectivity index (χ1n) is 7.48. The number of H-pyrrole nitrogens is 2. The highest BCUT2D eigenvalue weighted by molar-refractivity contribution is 5.88. The molecule has 0 aliphatic rings. The summed E-state index contributed by atoms with van der Waals surface area (Å²) in [4.78, 5) is 18.9. The van der Waals surface area contributed by atoms with Gasteiger partial charge < -0.3 is 9.97 Å². The Morgan fingerprint density at radius 1 is 1.30 bits per heavy atom. The maximum atomic E-state index is 12.5. The van der Waals surface area contributed by atoms with Crippen molar-refractivity contribution in [3.63, 3.8) is 0 Å². The van der Waals surface area contributed by atoms with Crippen molar-refractivity contribution in [3.05, 3.63) is 82.0 Å². The van der Waals surface area contributed by atoms with Gasteiger partial charge >= 0.3 is 0 Å². The van der Waals surface area contributed by atoms with Gasteiger partial charge in [-0.1, -0.05) is 43.0 Å². The van der Waals surface area contributed by atoms with E-state index >= 15 is 0 Å². The maximum absolute atomic E-state index is 12.5. The van der Waals surface area contributed by atoms with Gasteiger partial charge in [0, 0.05) is 35.3 Å². The van der Waals surface area contributed by atoms with Crippen LogP contribution in [0.5, 0.6) is 0 Å². The van der Waals surface area contributed by atoms with Crippen molar-refractivity contribution in [1.29, 1.82) is 0 Å². The Labute approximate surface area is 133 Å². The molecule has 0 amide bonds. The Hall–Kier alpha value is -3.01. The quantitative estimate of drug-likeness (QED) is 0.763. The Bertz CT molecular complexity index is 1070. The van der Waals surface area contributed by atoms with Crippen LogP contribution < -0.4 is 16.4 Å². The van der Waals surface area contributed by atoms with Crippen molar-refractivity contribution in [2.24, 2.45) is 7.05 Å². The predicted octanol–water partition coefficient (Wildman–Crippen LogP) is 1.94. The van der Waals surface area contributed by atoms with E-state index in [9.17, 15) is 4.79 Å². The second-order valence-electron chi connectivity index (χ2n) is 5.34. The molecule has 23 heavy (non-hydrogen) atoms. The molecule has 2 heterocycles. The average molecular weight is 305 g/mol. The normalized spacial score (nSPS) is 13.9. The van der Waals surface area contributed by atoms with Crippen LogP contribution in [0.25, 0.3) is 22.6 Å². The molecule has 1 aromatic carbocycles. The fourth-order valence-electron chi connectivity index (χ4n) is 2.70. The van der Waals surface area contributed by atoms with Gasteiger partial charge in [-0.05, 0) is 19.1 Å². The van der Waals surface area contributed by atoms with E-state index in [1.807, 2.05) is 55.6 Å². The number of aromatic amines is 2. The molecule has 0 bridgehead atoms. The number of nitrogens with zero attached hydrogens (tertiary/aromatic N) is 1. The van der Waals surface area contributed by atoms with E-state index in [1.165, 1.54) is 0 Å². The third kappa shape index (κ3) is 2.59. The largest absolute Gasteiger partial charge is 0.361 e. The number of nitrogens with one attached hydrogen (secondary N) is 2. The molecular weight excluding hydrogens is 286 g/mol. The monoisotopic (exact) mass is 305 g/mol. The third-order valence-electron chi connectivity index (χ3n) is 3.88. The molecule has 0 unspecified atom stereocenters. The number of fused-ring (bicyclic) bond motifs is 1. The van der Waals surface area contributed by atoms with E-state index < -0.39 is 0 Å². The lowest BCUT2D eigenvalue weighted by Crippen LogP contribution is -2.29. The molecular formula is C19H19N3O. The number of allylic oxidation sites excluding steroid dienone is 3. The van der Waals surface area contributed by atoms with E-state index in [4.69, 9.17) is 0 Å². The fourth-order valence-corrected chi connectivity index (χ4v) is 2.70. The van der Waals surface area contributed by atoms with Crippen LogP contribution in [0.2, 0.25) is 0 Å². The number of aromatic nitrogens is 3. The molecule has 3 aromatic rings. The number of benzene rings is 1. The van der Waals surface area contributed by atoms with E-state index in [0.717, 1.165) is 27.5 Å². The van der Waals surface area contributed by atoms with Crippen molar-refractivity contribution in [2.75, 3.05) is 0 Å². The van der Waals surface area contributed by atoms with Gasteiger partial charge in [0.1, 0.15) is 10.8 Å². The molecule has 3 rings (SSSR count). The van der Waals surface area contributed by atoms with Gasteiger partial charge in [0.25, 0.3) is 5.56 Å². The van der Waals surface area contributed by atoms with Gasteiger partial charge in [0.05, 0.1) is 0 Å². The second kappa shape index (κ2) is 6.01. The Morgan fingerprint density at radius 3 is 2.83 bits per heavy atom. The number of imidazole rings is 1. The molecule has 2 aromatic heterocycles. The zero-order valence-electron chi connectivity index (χ0n) is 13.3. The predicted molar refractivity (Wildman–Crippen MR) is 95.6 cm³/mol. The number of para-hydroxylation sites is 1. The van der Waals surface area contributed by atoms with Gasteiger partial charge in [-0.2, -0.15) is 0 Å². The van der Waals surface area contributed by atoms with Crippen molar-refractivity contribution >= 4 is 22.6 Å². The molecule has 0 saturated heterocycles. The minimum absolute atomic E-state index is 0.0610. The van der Waals surface area contributed by atoms with E-state index in [-0.39, 0.29) is 5.56 Å². The summed E-state index contributed by atoms with van der Waals surface area (Å²) in [5, 5.41) is 1.64. The van der Waals surface area contributed by atoms with Gasteiger partial charge in [-0.15, -0.1) is 0 Å². The molecule has 0 spiro atoms. The zero-order chi connectivity index (χ0) is 16.4. The van der Waals surface area contributed by atoms with Gasteiger partial charge in [-0.25, -0.2) is 0 Å². The lowest BCUT2D eigenvalue weighted by atomic mass is 10.2. The smallest absolute Gasteiger partial charge is 0.275 e. The minimum atomic E-state index is -0.0610. The molecule has 116 valence electrons. The molecule has 2 N–H and O–H groups in total. The summed E-state index contributed by atoms with van der Waals surface area (Å²) in [6, 6.07) is 8.02. The first kappa shape index (κ1) is 14.9. The van der Waals surface area contributed by atoms with Crippen LogP contribution in [-0.2, 0) is 7.05 Å². The first-order valence-corrected chi connectivity index (χ1v) is 7.48. The summed E-state index contributed by atoms with van der Waals surface area (Å²) in [6.07, 6.45) is 9.37. The van der Waals surface area contributed by atoms with Crippen LogP contribution >= 0.6 is 0 Å². The maximum Gasteiger partial charge on any atom is 0.275 e. The van der Waals surface area contributed by atoms with Crippen molar-refractivity contribution in [1.82, 2.24) is 14.5 Å². The highest BCUT2D eigenvalue weighted by atomic mass is 16.1. The average Bonchev–Trinajstić information content (AvgIpc) is 3.10. The molecule has 0 fully saturated rings. The summed E-state index contributed by atoms with van der Waals surface area (Å²) in [5.74, 6) is 0. The van der Waals surface area contributed by atoms with Crippen LogP contribution in [0.1, 0.15) is 12.5 Å². The molecule has 4 heteroatoms. The molecule has 0 aliphatic heterocycles. The lowest BCUT2D eigenvalue weighted by Gasteiger charge is -1.93. The fraction of sp³-hybridized carbons (Fsp3) is 0.105. The van der Waals surface area contributed by atoms with E-state index in [2.05, 4.69) is 16.5 Å². The van der Waals surface area contributed by atoms with Crippen molar-refractivity contribution < 1.29 is 0 Å². The van der Waals surface area contributed by atoms with Crippen molar-refractivity contribution in [2.45, 2.75) is 6.92 Å². The Kier molecular flexibility index (Phi) is 3.89. The first-order chi connectivity index (χ1) is 11.2. The topological polar surface area (TPSA) is 53.6 Å². The summed E-state index contributed by atoms with van der Waals surface area (Å²) in [5.41, 5.74) is 3.60. The van der Waals surface area contributed by atoms with Crippen LogP contribution in [-0.4, -0.2) is 14.5 Å². The molecule has 0 radical (unpaired) electrons.